The number of hydrogen-bond donors (Lipinski definition) is 1. The predicted octanol–water partition coefficient (Wildman–Crippen LogP) is 0.163. The molecule has 0 spiro atoms. The first-order valence-corrected chi connectivity index (χ1v) is 13.0. The molecule has 1 fully saturated rings. The lowest BCUT2D eigenvalue weighted by Gasteiger charge is -2.29. The van der Waals surface area contributed by atoms with Crippen LogP contribution in [0.5, 0.6) is 0 Å². The SMILES string of the molecule is BCc1cc(CB)c(CB)c(C(=O)OC2CCC(C(=O)OC(CS(=O)(=O)O)C(F)(F)F)CC2)c1. The summed E-state index contributed by atoms with van der Waals surface area (Å²) in [4.78, 5) is 25.1. The van der Waals surface area contributed by atoms with Crippen LogP contribution in [0.25, 0.3) is 0 Å². The summed E-state index contributed by atoms with van der Waals surface area (Å²) < 4.78 is 79.5. The Balaban J connectivity index is 2.01. The van der Waals surface area contributed by atoms with Crippen LogP contribution >= 0.6 is 0 Å². The molecular weight excluding hydrogens is 474 g/mol. The molecular formula is C20H28B3F3O7S. The van der Waals surface area contributed by atoms with Crippen molar-refractivity contribution in [1.82, 2.24) is 0 Å². The molecule has 7 nitrogen and oxygen atoms in total. The van der Waals surface area contributed by atoms with Crippen molar-refractivity contribution in [2.75, 3.05) is 5.75 Å². The van der Waals surface area contributed by atoms with E-state index in [0.717, 1.165) is 29.3 Å². The van der Waals surface area contributed by atoms with E-state index in [4.69, 9.17) is 9.29 Å². The standard InChI is InChI=1S/C20H28B3F3O7S/c21-7-11-5-13(8-22)16(9-23)15(6-11)19(28)32-14-3-1-12(2-4-14)18(27)33-17(20(24,25)26)10-34(29,30)31/h5-6,12,14,17H,1-4,7-10,21-23H2,(H,29,30,31). The highest BCUT2D eigenvalue weighted by molar-refractivity contribution is 7.85. The van der Waals surface area contributed by atoms with Crippen LogP contribution in [0.2, 0.25) is 0 Å². The van der Waals surface area contributed by atoms with Gasteiger partial charge in [-0.3, -0.25) is 9.35 Å². The molecule has 1 saturated carbocycles. The smallest absolute Gasteiger partial charge is 0.426 e. The maximum Gasteiger partial charge on any atom is 0.426 e. The fourth-order valence-electron chi connectivity index (χ4n) is 4.17. The number of hydrogen-bond acceptors (Lipinski definition) is 6. The van der Waals surface area contributed by atoms with Gasteiger partial charge in [0.1, 0.15) is 35.4 Å². The molecule has 0 aliphatic heterocycles. The average Bonchev–Trinajstić information content (AvgIpc) is 2.76. The third-order valence-electron chi connectivity index (χ3n) is 6.03. The molecule has 1 aromatic carbocycles. The average molecular weight is 502 g/mol. The van der Waals surface area contributed by atoms with Gasteiger partial charge < -0.3 is 9.47 Å². The van der Waals surface area contributed by atoms with Crippen LogP contribution in [-0.2, 0) is 43.3 Å². The minimum atomic E-state index is -5.14. The Bertz CT molecular complexity index is 994. The normalized spacial score (nSPS) is 19.9. The minimum Gasteiger partial charge on any atom is -0.459 e. The van der Waals surface area contributed by atoms with Crippen LogP contribution in [0, 0.1) is 5.92 Å². The molecule has 0 aromatic heterocycles. The summed E-state index contributed by atoms with van der Waals surface area (Å²) in [5, 5.41) is 0. The second-order valence-corrected chi connectivity index (χ2v) is 9.93. The van der Waals surface area contributed by atoms with Gasteiger partial charge in [-0.05, 0) is 37.3 Å². The molecule has 0 bridgehead atoms. The van der Waals surface area contributed by atoms with E-state index in [1.165, 1.54) is 0 Å². The van der Waals surface area contributed by atoms with Gasteiger partial charge >= 0.3 is 18.1 Å². The maximum absolute atomic E-state index is 13.0. The second-order valence-electron chi connectivity index (χ2n) is 8.44. The van der Waals surface area contributed by atoms with Gasteiger partial charge in [0.15, 0.2) is 0 Å². The summed E-state index contributed by atoms with van der Waals surface area (Å²) in [5.74, 6) is -4.29. The van der Waals surface area contributed by atoms with E-state index >= 15 is 0 Å². The molecule has 1 unspecified atom stereocenters. The van der Waals surface area contributed by atoms with Crippen molar-refractivity contribution in [2.24, 2.45) is 5.92 Å². The number of carbonyl (C=O) groups excluding carboxylic acids is 2. The summed E-state index contributed by atoms with van der Waals surface area (Å²) in [6.07, 6.45) is -5.59. The Hall–Kier alpha value is -1.95. The highest BCUT2D eigenvalue weighted by atomic mass is 32.2. The van der Waals surface area contributed by atoms with Crippen molar-refractivity contribution in [3.8, 4) is 0 Å². The molecule has 0 amide bonds. The lowest BCUT2D eigenvalue weighted by atomic mass is 9.81. The van der Waals surface area contributed by atoms with Gasteiger partial charge in [-0.25, -0.2) is 4.79 Å². The summed E-state index contributed by atoms with van der Waals surface area (Å²) >= 11 is 0. The largest absolute Gasteiger partial charge is 0.459 e. The van der Waals surface area contributed by atoms with E-state index in [9.17, 15) is 31.2 Å². The summed E-state index contributed by atoms with van der Waals surface area (Å²) in [6.45, 7) is 0. The van der Waals surface area contributed by atoms with E-state index in [0.29, 0.717) is 11.9 Å². The highest BCUT2D eigenvalue weighted by Crippen LogP contribution is 2.31. The molecule has 0 heterocycles. The molecule has 1 aliphatic rings. The molecule has 186 valence electrons. The number of esters is 2. The van der Waals surface area contributed by atoms with Crippen LogP contribution in [0.1, 0.15) is 52.7 Å². The van der Waals surface area contributed by atoms with Crippen molar-refractivity contribution >= 4 is 45.6 Å². The summed E-state index contributed by atoms with van der Waals surface area (Å²) in [6, 6.07) is 3.92. The number of ether oxygens (including phenoxy) is 2. The number of rotatable bonds is 9. The van der Waals surface area contributed by atoms with Crippen molar-refractivity contribution in [3.05, 3.63) is 34.4 Å². The van der Waals surface area contributed by atoms with E-state index in [1.807, 2.05) is 29.6 Å². The number of halogens is 3. The zero-order chi connectivity index (χ0) is 25.7. The van der Waals surface area contributed by atoms with Gasteiger partial charge in [0.2, 0.25) is 6.10 Å². The van der Waals surface area contributed by atoms with Crippen molar-refractivity contribution in [3.63, 3.8) is 0 Å². The van der Waals surface area contributed by atoms with Gasteiger partial charge in [0.05, 0.1) is 11.5 Å². The van der Waals surface area contributed by atoms with Crippen molar-refractivity contribution in [1.29, 1.82) is 0 Å². The second kappa shape index (κ2) is 11.7. The number of alkyl halides is 3. The molecule has 2 rings (SSSR count). The monoisotopic (exact) mass is 502 g/mol. The highest BCUT2D eigenvalue weighted by Gasteiger charge is 2.46. The van der Waals surface area contributed by atoms with Gasteiger partial charge in [0.25, 0.3) is 10.1 Å². The van der Waals surface area contributed by atoms with Crippen LogP contribution in [0.3, 0.4) is 0 Å². The van der Waals surface area contributed by atoms with Crippen LogP contribution in [0.4, 0.5) is 13.2 Å². The predicted molar refractivity (Wildman–Crippen MR) is 127 cm³/mol. The number of benzene rings is 1. The van der Waals surface area contributed by atoms with E-state index in [-0.39, 0.29) is 25.7 Å². The van der Waals surface area contributed by atoms with E-state index in [2.05, 4.69) is 10.8 Å². The van der Waals surface area contributed by atoms with Gasteiger partial charge in [0, 0.05) is 0 Å². The Morgan fingerprint density at radius 2 is 1.68 bits per heavy atom. The fraction of sp³-hybridized carbons (Fsp3) is 0.600. The zero-order valence-corrected chi connectivity index (χ0v) is 20.3. The lowest BCUT2D eigenvalue weighted by Crippen LogP contribution is -2.41. The maximum atomic E-state index is 13.0. The molecule has 0 radical (unpaired) electrons. The van der Waals surface area contributed by atoms with Crippen molar-refractivity contribution in [2.45, 2.75) is 63.0 Å². The van der Waals surface area contributed by atoms with Crippen LogP contribution < -0.4 is 0 Å². The summed E-state index contributed by atoms with van der Waals surface area (Å²) in [7, 11) is 0.972. The summed E-state index contributed by atoms with van der Waals surface area (Å²) in [5.41, 5.74) is 3.55. The van der Waals surface area contributed by atoms with Crippen LogP contribution in [0.15, 0.2) is 12.1 Å². The Labute approximate surface area is 200 Å². The molecule has 1 atom stereocenters. The topological polar surface area (TPSA) is 107 Å². The zero-order valence-electron chi connectivity index (χ0n) is 19.5. The first-order chi connectivity index (χ1) is 15.8. The molecule has 34 heavy (non-hydrogen) atoms. The van der Waals surface area contributed by atoms with Gasteiger partial charge in [-0.2, -0.15) is 21.6 Å². The fourth-order valence-corrected chi connectivity index (χ4v) is 4.81. The Morgan fingerprint density at radius 3 is 2.15 bits per heavy atom. The third-order valence-corrected chi connectivity index (χ3v) is 6.76. The Kier molecular flexibility index (Phi) is 9.70. The third kappa shape index (κ3) is 7.79. The van der Waals surface area contributed by atoms with Gasteiger partial charge in [-0.1, -0.05) is 36.2 Å². The molecule has 0 saturated heterocycles. The van der Waals surface area contributed by atoms with E-state index < -0.39 is 52.1 Å². The molecule has 1 aliphatic carbocycles. The molecule has 1 aromatic rings. The van der Waals surface area contributed by atoms with Crippen molar-refractivity contribution < 1.29 is 45.2 Å². The lowest BCUT2D eigenvalue weighted by molar-refractivity contribution is -0.218. The quantitative estimate of drug-likeness (QED) is 0.292. The first kappa shape index (κ1) is 28.3. The molecule has 1 N–H and O–H groups in total. The number of carbonyl (C=O) groups is 2. The molecule has 14 heteroatoms. The van der Waals surface area contributed by atoms with Crippen LogP contribution in [-0.4, -0.2) is 72.6 Å². The minimum absolute atomic E-state index is 0.128. The Morgan fingerprint density at radius 1 is 1.06 bits per heavy atom. The van der Waals surface area contributed by atoms with Gasteiger partial charge in [-0.15, -0.1) is 0 Å². The van der Waals surface area contributed by atoms with E-state index in [1.54, 1.807) is 0 Å². The first-order valence-electron chi connectivity index (χ1n) is 11.4.